The Balaban J connectivity index is 2.80. The molecule has 0 aromatic carbocycles. The Bertz CT molecular complexity index is 353. The third-order valence-corrected chi connectivity index (χ3v) is 1.30. The van der Waals surface area contributed by atoms with Crippen molar-refractivity contribution in [1.82, 2.24) is 4.98 Å². The molecule has 70 valence electrons. The normalized spacial score (nSPS) is 9.62. The second kappa shape index (κ2) is 3.22. The molecule has 0 aliphatic heterocycles. The first-order valence-electron chi connectivity index (χ1n) is 3.49. The van der Waals surface area contributed by atoms with E-state index in [1.54, 1.807) is 0 Å². The molecule has 5 nitrogen and oxygen atoms in total. The Labute approximate surface area is 74.3 Å². The molecule has 0 bridgehead atoms. The van der Waals surface area contributed by atoms with Crippen LogP contribution in [0.3, 0.4) is 0 Å². The van der Waals surface area contributed by atoms with Gasteiger partial charge in [0, 0.05) is 11.6 Å². The van der Waals surface area contributed by atoms with E-state index in [2.05, 4.69) is 16.3 Å². The molecule has 0 amide bonds. The van der Waals surface area contributed by atoms with Gasteiger partial charge < -0.3 is 14.9 Å². The van der Waals surface area contributed by atoms with Crippen molar-refractivity contribution in [3.05, 3.63) is 18.2 Å². The van der Waals surface area contributed by atoms with E-state index in [9.17, 15) is 4.79 Å². The lowest BCUT2D eigenvalue weighted by atomic mass is 10.4. The summed E-state index contributed by atoms with van der Waals surface area (Å²) in [6, 6.07) is 1.09. The van der Waals surface area contributed by atoms with Gasteiger partial charge in [0.2, 0.25) is 5.88 Å². The molecule has 0 radical (unpaired) electrons. The second-order valence-corrected chi connectivity index (χ2v) is 2.54. The maximum Gasteiger partial charge on any atom is 0.338 e. The topological polar surface area (TPSA) is 82.5 Å². The number of nitrogens with one attached hydrogen (secondary N) is 1. The fraction of sp³-hybridized carbons (Fsp3) is 0.125. The van der Waals surface area contributed by atoms with Gasteiger partial charge in [0.15, 0.2) is 11.6 Å². The molecule has 3 N–H and O–H groups in total. The minimum atomic E-state index is -0.658. The standard InChI is InChI=1S/C8H9NO4/c1-4(2)8(12)13-5-3-6(10)9-7(5)11/h3,9-11H,1H2,2H3. The summed E-state index contributed by atoms with van der Waals surface area (Å²) in [6.45, 7) is 4.84. The van der Waals surface area contributed by atoms with Gasteiger partial charge in [-0.3, -0.25) is 4.98 Å². The molecule has 1 rings (SSSR count). The van der Waals surface area contributed by atoms with Gasteiger partial charge in [-0.15, -0.1) is 0 Å². The van der Waals surface area contributed by atoms with Crippen LogP contribution in [0, 0.1) is 0 Å². The molecule has 1 heterocycles. The summed E-state index contributed by atoms with van der Waals surface area (Å²) >= 11 is 0. The van der Waals surface area contributed by atoms with Crippen molar-refractivity contribution in [2.45, 2.75) is 6.92 Å². The number of aromatic nitrogens is 1. The molecule has 1 aromatic heterocycles. The molecule has 1 aromatic rings. The van der Waals surface area contributed by atoms with Crippen molar-refractivity contribution in [2.24, 2.45) is 0 Å². The van der Waals surface area contributed by atoms with Crippen molar-refractivity contribution < 1.29 is 19.7 Å². The zero-order valence-corrected chi connectivity index (χ0v) is 7.00. The first-order valence-corrected chi connectivity index (χ1v) is 3.49. The highest BCUT2D eigenvalue weighted by atomic mass is 16.5. The number of aromatic hydroxyl groups is 2. The molecule has 0 atom stereocenters. The van der Waals surface area contributed by atoms with Crippen LogP contribution in [0.25, 0.3) is 0 Å². The van der Waals surface area contributed by atoms with Gasteiger partial charge in [-0.05, 0) is 6.92 Å². The van der Waals surface area contributed by atoms with Gasteiger partial charge >= 0.3 is 5.97 Å². The van der Waals surface area contributed by atoms with Crippen molar-refractivity contribution in [3.63, 3.8) is 0 Å². The largest absolute Gasteiger partial charge is 0.494 e. The average Bonchev–Trinajstić information content (AvgIpc) is 2.30. The molecule has 0 fully saturated rings. The Morgan fingerprint density at radius 1 is 1.62 bits per heavy atom. The number of ether oxygens (including phenoxy) is 1. The van der Waals surface area contributed by atoms with E-state index in [1.807, 2.05) is 0 Å². The number of aromatic amines is 1. The minimum Gasteiger partial charge on any atom is -0.494 e. The molecule has 0 spiro atoms. The highest BCUT2D eigenvalue weighted by Crippen LogP contribution is 2.29. The molecular weight excluding hydrogens is 174 g/mol. The van der Waals surface area contributed by atoms with Crippen LogP contribution in [0.4, 0.5) is 0 Å². The minimum absolute atomic E-state index is 0.120. The summed E-state index contributed by atoms with van der Waals surface area (Å²) in [7, 11) is 0. The monoisotopic (exact) mass is 183 g/mol. The van der Waals surface area contributed by atoms with Gasteiger partial charge in [0.1, 0.15) is 0 Å². The average molecular weight is 183 g/mol. The van der Waals surface area contributed by atoms with E-state index >= 15 is 0 Å². The zero-order chi connectivity index (χ0) is 10.0. The number of hydrogen-bond acceptors (Lipinski definition) is 4. The molecule has 0 aliphatic carbocycles. The first-order chi connectivity index (χ1) is 6.00. The van der Waals surface area contributed by atoms with Crippen molar-refractivity contribution >= 4 is 5.97 Å². The smallest absolute Gasteiger partial charge is 0.338 e. The number of H-pyrrole nitrogens is 1. The molecule has 13 heavy (non-hydrogen) atoms. The highest BCUT2D eigenvalue weighted by Gasteiger charge is 2.12. The SMILES string of the molecule is C=C(C)C(=O)Oc1cc(O)[nH]c1O. The van der Waals surface area contributed by atoms with Crippen molar-refractivity contribution in [2.75, 3.05) is 0 Å². The first kappa shape index (κ1) is 9.18. The Morgan fingerprint density at radius 2 is 2.23 bits per heavy atom. The van der Waals surface area contributed by atoms with E-state index < -0.39 is 11.8 Å². The maximum absolute atomic E-state index is 10.9. The quantitative estimate of drug-likeness (QED) is 0.470. The van der Waals surface area contributed by atoms with E-state index in [1.165, 1.54) is 6.92 Å². The van der Waals surface area contributed by atoms with Gasteiger partial charge in [0.05, 0.1) is 0 Å². The second-order valence-electron chi connectivity index (χ2n) is 2.54. The van der Waals surface area contributed by atoms with Gasteiger partial charge in [-0.1, -0.05) is 6.58 Å². The predicted molar refractivity (Wildman–Crippen MR) is 44.6 cm³/mol. The van der Waals surface area contributed by atoms with Crippen LogP contribution < -0.4 is 4.74 Å². The van der Waals surface area contributed by atoms with E-state index in [0.29, 0.717) is 0 Å². The van der Waals surface area contributed by atoms with E-state index in [-0.39, 0.29) is 17.2 Å². The van der Waals surface area contributed by atoms with Crippen LogP contribution in [0.2, 0.25) is 0 Å². The zero-order valence-electron chi connectivity index (χ0n) is 7.00. The summed E-state index contributed by atoms with van der Waals surface area (Å²) in [5.74, 6) is -1.45. The number of hydrogen-bond donors (Lipinski definition) is 3. The van der Waals surface area contributed by atoms with E-state index in [0.717, 1.165) is 6.07 Å². The van der Waals surface area contributed by atoms with Crippen LogP contribution in [-0.2, 0) is 4.79 Å². The maximum atomic E-state index is 10.9. The van der Waals surface area contributed by atoms with Crippen LogP contribution in [0.5, 0.6) is 17.5 Å². The lowest BCUT2D eigenvalue weighted by molar-refractivity contribution is -0.130. The summed E-state index contributed by atoms with van der Waals surface area (Å²) in [6.07, 6.45) is 0. The summed E-state index contributed by atoms with van der Waals surface area (Å²) in [4.78, 5) is 13.1. The van der Waals surface area contributed by atoms with Gasteiger partial charge in [-0.2, -0.15) is 0 Å². The highest BCUT2D eigenvalue weighted by molar-refractivity contribution is 5.89. The third kappa shape index (κ3) is 2.02. The number of esters is 1. The fourth-order valence-corrected chi connectivity index (χ4v) is 0.676. The van der Waals surface area contributed by atoms with Gasteiger partial charge in [-0.25, -0.2) is 4.79 Å². The molecule has 0 aliphatic rings. The Morgan fingerprint density at radius 3 is 2.62 bits per heavy atom. The molecular formula is C8H9NO4. The van der Waals surface area contributed by atoms with Gasteiger partial charge in [0.25, 0.3) is 0 Å². The summed E-state index contributed by atoms with van der Waals surface area (Å²) < 4.78 is 4.65. The third-order valence-electron chi connectivity index (χ3n) is 1.30. The van der Waals surface area contributed by atoms with Crippen LogP contribution >= 0.6 is 0 Å². The summed E-state index contributed by atoms with van der Waals surface area (Å²) in [5.41, 5.74) is 0.208. The van der Waals surface area contributed by atoms with Crippen molar-refractivity contribution in [1.29, 1.82) is 0 Å². The molecule has 0 unspecified atom stereocenters. The molecule has 0 saturated heterocycles. The number of carbonyl (C=O) groups is 1. The molecule has 0 saturated carbocycles. The predicted octanol–water partition coefficient (Wildman–Crippen LogP) is 0.907. The Hall–Kier alpha value is -1.91. The van der Waals surface area contributed by atoms with E-state index in [4.69, 9.17) is 10.2 Å². The molecule has 5 heteroatoms. The fourth-order valence-electron chi connectivity index (χ4n) is 0.676. The lowest BCUT2D eigenvalue weighted by Crippen LogP contribution is -2.07. The number of carbonyl (C=O) groups excluding carboxylic acids is 1. The Kier molecular flexibility index (Phi) is 2.27. The number of rotatable bonds is 2. The van der Waals surface area contributed by atoms with Crippen LogP contribution in [0.1, 0.15) is 6.92 Å². The summed E-state index contributed by atoms with van der Waals surface area (Å²) in [5, 5.41) is 17.9. The van der Waals surface area contributed by atoms with Crippen LogP contribution in [-0.4, -0.2) is 21.2 Å². The lowest BCUT2D eigenvalue weighted by Gasteiger charge is -1.99. The van der Waals surface area contributed by atoms with Crippen LogP contribution in [0.15, 0.2) is 18.2 Å². The van der Waals surface area contributed by atoms with Crippen molar-refractivity contribution in [3.8, 4) is 17.5 Å².